The molecule has 4 aromatic carbocycles. The largest absolute Gasteiger partial charge is 0.491 e. The molecule has 0 aliphatic carbocycles. The van der Waals surface area contributed by atoms with Gasteiger partial charge in [-0.25, -0.2) is 9.79 Å². The average Bonchev–Trinajstić information content (AvgIpc) is 3.37. The molecule has 8 nitrogen and oxygen atoms in total. The maximum absolute atomic E-state index is 14.3. The Hall–Kier alpha value is -4.86. The first kappa shape index (κ1) is 34.0. The molecule has 0 saturated carbocycles. The van der Waals surface area contributed by atoms with Gasteiger partial charge in [0.2, 0.25) is 0 Å². The molecule has 1 atom stereocenters. The number of carbonyl (C=O) groups is 1. The van der Waals surface area contributed by atoms with Crippen LogP contribution >= 0.6 is 22.9 Å². The summed E-state index contributed by atoms with van der Waals surface area (Å²) in [6.45, 7) is 10.1. The first-order chi connectivity index (χ1) is 23.7. The lowest BCUT2D eigenvalue weighted by molar-refractivity contribution is -0.139. The van der Waals surface area contributed by atoms with E-state index in [0.29, 0.717) is 61.6 Å². The fourth-order valence-corrected chi connectivity index (χ4v) is 7.27. The minimum Gasteiger partial charge on any atom is -0.491 e. The molecule has 0 radical (unpaired) electrons. The van der Waals surface area contributed by atoms with Gasteiger partial charge in [0, 0.05) is 5.56 Å². The second kappa shape index (κ2) is 14.7. The van der Waals surface area contributed by atoms with E-state index in [1.54, 1.807) is 30.6 Å². The van der Waals surface area contributed by atoms with Crippen LogP contribution in [0.2, 0.25) is 5.02 Å². The first-order valence-corrected chi connectivity index (χ1v) is 17.4. The van der Waals surface area contributed by atoms with Crippen molar-refractivity contribution in [2.24, 2.45) is 4.99 Å². The van der Waals surface area contributed by atoms with Gasteiger partial charge >= 0.3 is 5.97 Å². The van der Waals surface area contributed by atoms with Crippen molar-refractivity contribution >= 4 is 45.8 Å². The summed E-state index contributed by atoms with van der Waals surface area (Å²) in [4.78, 5) is 32.8. The van der Waals surface area contributed by atoms with Gasteiger partial charge in [0.15, 0.2) is 16.3 Å². The molecular formula is C39H37ClN2O6S. The van der Waals surface area contributed by atoms with E-state index < -0.39 is 12.0 Å². The number of allylic oxidation sites excluding steroid dienone is 1. The minimum absolute atomic E-state index is 0.128. The maximum atomic E-state index is 14.3. The molecule has 0 amide bonds. The van der Waals surface area contributed by atoms with Crippen LogP contribution in [0.25, 0.3) is 16.8 Å². The molecule has 252 valence electrons. The number of nitrogens with zero attached hydrogens (tertiary/aromatic N) is 2. The van der Waals surface area contributed by atoms with E-state index in [1.807, 2.05) is 75.4 Å². The number of ether oxygens (including phenoxy) is 4. The summed E-state index contributed by atoms with van der Waals surface area (Å²) in [6, 6.07) is 24.4. The number of fused-ring (bicyclic) bond motifs is 2. The Bertz CT molecular complexity index is 2250. The van der Waals surface area contributed by atoms with E-state index in [1.165, 1.54) is 11.3 Å². The number of halogens is 1. The van der Waals surface area contributed by atoms with Gasteiger partial charge in [0.1, 0.15) is 18.4 Å². The predicted molar refractivity (Wildman–Crippen MR) is 194 cm³/mol. The molecule has 10 heteroatoms. The number of aromatic nitrogens is 1. The highest BCUT2D eigenvalue weighted by molar-refractivity contribution is 7.07. The summed E-state index contributed by atoms with van der Waals surface area (Å²) in [6.07, 6.45) is 1.63. The van der Waals surface area contributed by atoms with E-state index in [9.17, 15) is 9.59 Å². The van der Waals surface area contributed by atoms with E-state index in [0.717, 1.165) is 16.3 Å². The number of esters is 1. The van der Waals surface area contributed by atoms with Gasteiger partial charge in [-0.15, -0.1) is 0 Å². The molecular weight excluding hydrogens is 660 g/mol. The van der Waals surface area contributed by atoms with Crippen LogP contribution in [0.15, 0.2) is 99.9 Å². The normalized spacial score (nSPS) is 14.5. The van der Waals surface area contributed by atoms with Gasteiger partial charge in [0.05, 0.1) is 40.1 Å². The molecule has 0 spiro atoms. The third-order valence-electron chi connectivity index (χ3n) is 7.97. The lowest BCUT2D eigenvalue weighted by Gasteiger charge is -2.26. The van der Waals surface area contributed by atoms with Crippen LogP contribution in [0.4, 0.5) is 0 Å². The molecule has 1 aliphatic heterocycles. The third kappa shape index (κ3) is 7.00. The number of rotatable bonds is 11. The summed E-state index contributed by atoms with van der Waals surface area (Å²) in [5, 5.41) is 2.58. The van der Waals surface area contributed by atoms with Crippen LogP contribution in [-0.2, 0) is 16.1 Å². The van der Waals surface area contributed by atoms with Crippen molar-refractivity contribution in [3.05, 3.63) is 132 Å². The molecule has 0 unspecified atom stereocenters. The molecule has 1 aromatic heterocycles. The molecule has 0 bridgehead atoms. The van der Waals surface area contributed by atoms with Crippen molar-refractivity contribution < 1.29 is 23.7 Å². The number of hydrogen-bond acceptors (Lipinski definition) is 8. The van der Waals surface area contributed by atoms with Gasteiger partial charge in [-0.05, 0) is 80.8 Å². The number of thiazole rings is 1. The quantitative estimate of drug-likeness (QED) is 0.134. The van der Waals surface area contributed by atoms with Gasteiger partial charge in [-0.1, -0.05) is 83.6 Å². The van der Waals surface area contributed by atoms with Crippen LogP contribution in [0.1, 0.15) is 57.4 Å². The lowest BCUT2D eigenvalue weighted by atomic mass is 9.95. The standard InChI is InChI=1S/C39H37ClN2O6S/c1-6-45-32-20-25(19-30(40)36(32)47-22-27-15-12-14-26-13-8-9-16-28(26)27)21-33-37(43)42-35(29-17-10-11-18-31(29)48-23(3)4)34(38(44)46-7-2)24(5)41-39(42)49-33/h8-21,23,35H,6-7,22H2,1-5H3/b33-21+/t35-/m0/s1. The zero-order chi connectivity index (χ0) is 34.7. The Morgan fingerprint density at radius 3 is 2.51 bits per heavy atom. The summed E-state index contributed by atoms with van der Waals surface area (Å²) < 4.78 is 25.8. The predicted octanol–water partition coefficient (Wildman–Crippen LogP) is 7.37. The molecule has 1 aliphatic rings. The highest BCUT2D eigenvalue weighted by Gasteiger charge is 2.35. The van der Waals surface area contributed by atoms with Gasteiger partial charge in [-0.3, -0.25) is 9.36 Å². The highest BCUT2D eigenvalue weighted by Crippen LogP contribution is 2.39. The molecule has 5 aromatic rings. The maximum Gasteiger partial charge on any atom is 0.338 e. The van der Waals surface area contributed by atoms with Gasteiger partial charge < -0.3 is 18.9 Å². The van der Waals surface area contributed by atoms with Crippen molar-refractivity contribution in [2.45, 2.75) is 53.4 Å². The Morgan fingerprint density at radius 1 is 0.980 bits per heavy atom. The van der Waals surface area contributed by atoms with Gasteiger partial charge in [0.25, 0.3) is 5.56 Å². The van der Waals surface area contributed by atoms with E-state index in [-0.39, 0.29) is 23.8 Å². The van der Waals surface area contributed by atoms with Crippen molar-refractivity contribution in [1.82, 2.24) is 4.57 Å². The molecule has 0 fully saturated rings. The number of hydrogen-bond donors (Lipinski definition) is 0. The Balaban J connectivity index is 1.43. The van der Waals surface area contributed by atoms with Crippen LogP contribution in [0.3, 0.4) is 0 Å². The molecule has 0 N–H and O–H groups in total. The van der Waals surface area contributed by atoms with Crippen molar-refractivity contribution in [2.75, 3.05) is 13.2 Å². The van der Waals surface area contributed by atoms with Crippen molar-refractivity contribution in [3.8, 4) is 17.2 Å². The number of benzene rings is 4. The second-order valence-electron chi connectivity index (χ2n) is 11.7. The van der Waals surface area contributed by atoms with Crippen LogP contribution in [0.5, 0.6) is 17.2 Å². The lowest BCUT2D eigenvalue weighted by Crippen LogP contribution is -2.40. The summed E-state index contributed by atoms with van der Waals surface area (Å²) in [7, 11) is 0. The highest BCUT2D eigenvalue weighted by atomic mass is 35.5. The Labute approximate surface area is 293 Å². The van der Waals surface area contributed by atoms with Crippen LogP contribution in [0, 0.1) is 0 Å². The number of para-hydroxylation sites is 1. The molecule has 49 heavy (non-hydrogen) atoms. The minimum atomic E-state index is -0.806. The third-order valence-corrected chi connectivity index (χ3v) is 9.24. The summed E-state index contributed by atoms with van der Waals surface area (Å²) in [5.41, 5.74) is 2.79. The zero-order valence-electron chi connectivity index (χ0n) is 28.0. The second-order valence-corrected chi connectivity index (χ2v) is 13.1. The monoisotopic (exact) mass is 696 g/mol. The average molecular weight is 697 g/mol. The van der Waals surface area contributed by atoms with Crippen molar-refractivity contribution in [3.63, 3.8) is 0 Å². The SMILES string of the molecule is CCOC(=O)C1=C(C)N=c2s/c(=C/c3cc(Cl)c(OCc4cccc5ccccc45)c(OCC)c3)c(=O)n2[C@H]1c1ccccc1OC(C)C. The fraction of sp³-hybridized carbons (Fsp3) is 0.256. The van der Waals surface area contributed by atoms with Gasteiger partial charge in [-0.2, -0.15) is 0 Å². The smallest absolute Gasteiger partial charge is 0.338 e. The Kier molecular flexibility index (Phi) is 10.2. The topological polar surface area (TPSA) is 88.4 Å². The number of carbonyl (C=O) groups excluding carboxylic acids is 1. The zero-order valence-corrected chi connectivity index (χ0v) is 29.6. The molecule has 2 heterocycles. The van der Waals surface area contributed by atoms with E-state index >= 15 is 0 Å². The van der Waals surface area contributed by atoms with E-state index in [4.69, 9.17) is 35.5 Å². The van der Waals surface area contributed by atoms with Crippen LogP contribution in [-0.4, -0.2) is 29.9 Å². The molecule has 6 rings (SSSR count). The first-order valence-electron chi connectivity index (χ1n) is 16.2. The molecule has 0 saturated heterocycles. The Morgan fingerprint density at radius 2 is 1.73 bits per heavy atom. The van der Waals surface area contributed by atoms with E-state index in [2.05, 4.69) is 18.2 Å². The fourth-order valence-electron chi connectivity index (χ4n) is 5.95. The van der Waals surface area contributed by atoms with Crippen molar-refractivity contribution in [1.29, 1.82) is 0 Å². The summed E-state index contributed by atoms with van der Waals surface area (Å²) in [5.74, 6) is 0.925. The van der Waals surface area contributed by atoms with Crippen LogP contribution < -0.4 is 29.1 Å². The summed E-state index contributed by atoms with van der Waals surface area (Å²) >= 11 is 8.06.